The van der Waals surface area contributed by atoms with E-state index >= 15 is 0 Å². The average molecular weight is 897 g/mol. The number of carbonyl (C=O) groups is 7. The summed E-state index contributed by atoms with van der Waals surface area (Å²) in [5, 5.41) is 22.8. The number of hydrogen-bond acceptors (Lipinski definition) is 9. The molecule has 0 aliphatic carbocycles. The molecule has 0 bridgehead atoms. The molecule has 5 rings (SSSR count). The third-order valence-corrected chi connectivity index (χ3v) is 11.8. The number of benzene rings is 2. The van der Waals surface area contributed by atoms with Crippen LogP contribution in [-0.4, -0.2) is 113 Å². The van der Waals surface area contributed by atoms with Crippen LogP contribution in [0.25, 0.3) is 10.9 Å². The number of para-hydroxylation sites is 1. The topological polar surface area (TPSA) is 313 Å². The number of unbranched alkanes of at least 4 members (excludes halogenated alkanes) is 1. The first-order valence-electron chi connectivity index (χ1n) is 22.5. The van der Waals surface area contributed by atoms with Gasteiger partial charge in [-0.15, -0.1) is 0 Å². The maximum Gasteiger partial charge on any atom is 0.245 e. The van der Waals surface area contributed by atoms with E-state index in [1.54, 1.807) is 6.20 Å². The van der Waals surface area contributed by atoms with Gasteiger partial charge in [-0.3, -0.25) is 44.0 Å². The molecule has 0 radical (unpaired) electrons. The lowest BCUT2D eigenvalue weighted by atomic mass is 9.90. The van der Waals surface area contributed by atoms with Crippen molar-refractivity contribution in [3.05, 3.63) is 71.9 Å². The number of amidine groups is 1. The first kappa shape index (κ1) is 49.2. The van der Waals surface area contributed by atoms with E-state index in [2.05, 4.69) is 36.6 Å². The van der Waals surface area contributed by atoms with Gasteiger partial charge in [-0.2, -0.15) is 0 Å². The first-order valence-corrected chi connectivity index (χ1v) is 22.5. The van der Waals surface area contributed by atoms with Crippen LogP contribution in [0.15, 0.2) is 65.8 Å². The van der Waals surface area contributed by atoms with E-state index < -0.39 is 77.4 Å². The molecule has 2 fully saturated rings. The van der Waals surface area contributed by atoms with Gasteiger partial charge < -0.3 is 53.7 Å². The molecule has 19 heteroatoms. The van der Waals surface area contributed by atoms with Gasteiger partial charge in [-0.05, 0) is 68.6 Å². The molecular formula is C46H64N12O7. The predicted molar refractivity (Wildman–Crippen MR) is 246 cm³/mol. The third kappa shape index (κ3) is 14.9. The lowest BCUT2D eigenvalue weighted by Crippen LogP contribution is -2.59. The van der Waals surface area contributed by atoms with Crippen molar-refractivity contribution in [2.24, 2.45) is 28.1 Å². The number of rotatable bonds is 16. The number of aromatic nitrogens is 1. The number of Topliss-reactive ketones (excluding diaryl/α,β-unsaturated/α-hetero) is 1. The zero-order valence-corrected chi connectivity index (χ0v) is 37.0. The van der Waals surface area contributed by atoms with E-state index in [1.165, 1.54) is 11.8 Å². The summed E-state index contributed by atoms with van der Waals surface area (Å²) in [7, 11) is 0. The molecule has 2 saturated heterocycles. The minimum absolute atomic E-state index is 0.0188. The van der Waals surface area contributed by atoms with Crippen molar-refractivity contribution >= 4 is 63.9 Å². The van der Waals surface area contributed by atoms with Crippen LogP contribution in [0.4, 0.5) is 0 Å². The quantitative estimate of drug-likeness (QED) is 0.0551. The molecule has 0 unspecified atom stereocenters. The summed E-state index contributed by atoms with van der Waals surface area (Å²) in [6.07, 6.45) is 4.73. The minimum atomic E-state index is -1.15. The summed E-state index contributed by atoms with van der Waals surface area (Å²) >= 11 is 0. The Morgan fingerprint density at radius 3 is 2.35 bits per heavy atom. The highest BCUT2D eigenvalue weighted by Gasteiger charge is 2.40. The van der Waals surface area contributed by atoms with Gasteiger partial charge in [0.1, 0.15) is 24.2 Å². The number of guanidine groups is 1. The molecule has 2 aliphatic heterocycles. The van der Waals surface area contributed by atoms with Crippen molar-refractivity contribution in [1.29, 1.82) is 5.41 Å². The second-order valence-electron chi connectivity index (χ2n) is 16.9. The standard InChI is InChI=1S/C46H64N12O7/c1-28(59)54-37(24-29-12-3-2-4-13-29)43(63)56-35-18-10-21-51-41(61)30(14-9-22-52-46(49)50)26-39(60)36(25-31-27-53-33-16-6-5-15-32(31)33)57-42(62)34(17-7-8-20-40(47)48)55-44(64)38-19-11-23-58(38)45(35)65/h2-6,12-13,15-16,27,30,34-38,53H,7-11,14,17-26H2,1H3,(H3,47,48)(H,51,61)(H,54,59)(H,55,64)(H,56,63)(H,57,62)(H4,49,50,52)/t30-,34-,35+,36+,37+,38+/m1/s1. The van der Waals surface area contributed by atoms with E-state index in [9.17, 15) is 33.6 Å². The normalized spacial score (nSPS) is 21.8. The van der Waals surface area contributed by atoms with Crippen LogP contribution in [0.2, 0.25) is 0 Å². The number of ketones is 1. The molecular weight excluding hydrogens is 833 g/mol. The van der Waals surface area contributed by atoms with Gasteiger partial charge in [-0.25, -0.2) is 0 Å². The van der Waals surface area contributed by atoms with Gasteiger partial charge in [0, 0.05) is 75.3 Å². The number of amides is 6. The highest BCUT2D eigenvalue weighted by atomic mass is 16.2. The van der Waals surface area contributed by atoms with Crippen LogP contribution < -0.4 is 43.8 Å². The second-order valence-corrected chi connectivity index (χ2v) is 16.9. The largest absolute Gasteiger partial charge is 0.388 e. The molecule has 19 nitrogen and oxygen atoms in total. The molecule has 13 N–H and O–H groups in total. The smallest absolute Gasteiger partial charge is 0.245 e. The maximum absolute atomic E-state index is 14.5. The van der Waals surface area contributed by atoms with Crippen molar-refractivity contribution in [3.63, 3.8) is 0 Å². The molecule has 65 heavy (non-hydrogen) atoms. The molecule has 1 aromatic heterocycles. The first-order chi connectivity index (χ1) is 31.2. The van der Waals surface area contributed by atoms with E-state index in [4.69, 9.17) is 22.6 Å². The van der Waals surface area contributed by atoms with Crippen LogP contribution in [-0.2, 0) is 46.4 Å². The molecule has 2 aromatic carbocycles. The lowest BCUT2D eigenvalue weighted by Gasteiger charge is -2.31. The lowest BCUT2D eigenvalue weighted by molar-refractivity contribution is -0.142. The molecule has 350 valence electrons. The number of H-pyrrole nitrogens is 1. The van der Waals surface area contributed by atoms with Crippen LogP contribution in [0.3, 0.4) is 0 Å². The number of carbonyl (C=O) groups excluding carboxylic acids is 7. The van der Waals surface area contributed by atoms with Gasteiger partial charge in [0.05, 0.1) is 11.9 Å². The Balaban J connectivity index is 1.47. The van der Waals surface area contributed by atoms with E-state index in [-0.39, 0.29) is 82.8 Å². The fraction of sp³-hybridized carbons (Fsp3) is 0.500. The Morgan fingerprint density at radius 1 is 0.877 bits per heavy atom. The monoisotopic (exact) mass is 897 g/mol. The van der Waals surface area contributed by atoms with Crippen LogP contribution in [0, 0.1) is 11.3 Å². The van der Waals surface area contributed by atoms with Crippen molar-refractivity contribution in [1.82, 2.24) is 36.5 Å². The maximum atomic E-state index is 14.5. The summed E-state index contributed by atoms with van der Waals surface area (Å²) in [5.41, 5.74) is 19.1. The molecule has 0 spiro atoms. The summed E-state index contributed by atoms with van der Waals surface area (Å²) in [6.45, 7) is 1.80. The van der Waals surface area contributed by atoms with Crippen molar-refractivity contribution in [3.8, 4) is 0 Å². The Morgan fingerprint density at radius 2 is 1.62 bits per heavy atom. The Labute approximate surface area is 378 Å². The molecule has 6 atom stereocenters. The number of aromatic amines is 1. The highest BCUT2D eigenvalue weighted by molar-refractivity contribution is 5.98. The van der Waals surface area contributed by atoms with Crippen molar-refractivity contribution < 1.29 is 33.6 Å². The summed E-state index contributed by atoms with van der Waals surface area (Å²) in [4.78, 5) is 107. The van der Waals surface area contributed by atoms with Gasteiger partial charge >= 0.3 is 0 Å². The zero-order valence-electron chi connectivity index (χ0n) is 37.0. The van der Waals surface area contributed by atoms with Crippen LogP contribution in [0.1, 0.15) is 88.7 Å². The summed E-state index contributed by atoms with van der Waals surface area (Å²) in [5.74, 6) is -4.55. The van der Waals surface area contributed by atoms with Gasteiger partial charge in [-0.1, -0.05) is 55.0 Å². The number of nitrogens with two attached hydrogens (primary N) is 3. The van der Waals surface area contributed by atoms with E-state index in [0.717, 1.165) is 22.0 Å². The van der Waals surface area contributed by atoms with Gasteiger partial charge in [0.25, 0.3) is 0 Å². The zero-order chi connectivity index (χ0) is 46.9. The highest BCUT2D eigenvalue weighted by Crippen LogP contribution is 2.24. The molecule has 2 aliphatic rings. The summed E-state index contributed by atoms with van der Waals surface area (Å²) in [6, 6.07) is 11.3. The van der Waals surface area contributed by atoms with Crippen LogP contribution in [0.5, 0.6) is 0 Å². The van der Waals surface area contributed by atoms with Crippen molar-refractivity contribution in [2.45, 2.75) is 121 Å². The molecule has 6 amide bonds. The Bertz CT molecular complexity index is 2190. The SMILES string of the molecule is CC(=O)N[C@@H](Cc1ccccc1)C(=O)N[C@H]1CCCNC(=O)[C@H](CCCN=C(N)N)CC(=O)[C@H](Cc2c[nH]c3ccccc23)NC(=O)[C@@H](CCCCC(=N)N)NC(=O)[C@@H]2CCCN2C1=O. The van der Waals surface area contributed by atoms with Gasteiger partial charge in [0.15, 0.2) is 11.7 Å². The number of nitrogens with one attached hydrogen (secondary N) is 7. The fourth-order valence-electron chi connectivity index (χ4n) is 8.50. The minimum Gasteiger partial charge on any atom is -0.388 e. The third-order valence-electron chi connectivity index (χ3n) is 11.8. The number of nitrogens with zero attached hydrogens (tertiary/aromatic N) is 2. The average Bonchev–Trinajstić information content (AvgIpc) is 3.93. The van der Waals surface area contributed by atoms with E-state index in [0.29, 0.717) is 32.1 Å². The fourth-order valence-corrected chi connectivity index (χ4v) is 8.50. The van der Waals surface area contributed by atoms with Crippen LogP contribution >= 0.6 is 0 Å². The van der Waals surface area contributed by atoms with Gasteiger partial charge in [0.2, 0.25) is 35.4 Å². The second kappa shape index (κ2) is 24.3. The predicted octanol–water partition coefficient (Wildman–Crippen LogP) is 0.939. The molecule has 3 heterocycles. The Hall–Kier alpha value is -6.79. The number of hydrogen-bond donors (Lipinski definition) is 10. The molecule has 3 aromatic rings. The Kier molecular flexibility index (Phi) is 18.4. The van der Waals surface area contributed by atoms with E-state index in [1.807, 2.05) is 54.6 Å². The molecule has 0 saturated carbocycles. The number of fused-ring (bicyclic) bond motifs is 2. The number of aliphatic imine (C=N–C) groups is 1. The van der Waals surface area contributed by atoms with Crippen molar-refractivity contribution in [2.75, 3.05) is 19.6 Å². The summed E-state index contributed by atoms with van der Waals surface area (Å²) < 4.78 is 0.